The monoisotopic (exact) mass is 310 g/mol. The van der Waals surface area contributed by atoms with Gasteiger partial charge in [-0.15, -0.1) is 0 Å². The molecule has 4 heteroatoms. The lowest BCUT2D eigenvalue weighted by molar-refractivity contribution is 0.507. The maximum absolute atomic E-state index is 13.3. The average molecular weight is 310 g/mol. The normalized spacial score (nSPS) is 12.3. The fraction of sp³-hybridized carbons (Fsp3) is 0.211. The van der Waals surface area contributed by atoms with Crippen molar-refractivity contribution >= 4 is 0 Å². The van der Waals surface area contributed by atoms with E-state index >= 15 is 0 Å². The number of benzene rings is 2. The van der Waals surface area contributed by atoms with Crippen LogP contribution < -0.4 is 0 Å². The number of rotatable bonds is 3. The first-order valence-electron chi connectivity index (χ1n) is 7.72. The van der Waals surface area contributed by atoms with Crippen molar-refractivity contribution in [3.63, 3.8) is 0 Å². The molecule has 2 nitrogen and oxygen atoms in total. The molecule has 3 aromatic rings. The van der Waals surface area contributed by atoms with Crippen LogP contribution in [0.3, 0.4) is 0 Å². The van der Waals surface area contributed by atoms with Crippen molar-refractivity contribution in [2.75, 3.05) is 0 Å². The van der Waals surface area contributed by atoms with Gasteiger partial charge in [-0.05, 0) is 49.1 Å². The molecule has 0 atom stereocenters. The quantitative estimate of drug-likeness (QED) is 0.598. The number of aromatic nitrogens is 2. The van der Waals surface area contributed by atoms with Gasteiger partial charge < -0.3 is 0 Å². The molecule has 2 aromatic carbocycles. The number of nitrogens with one attached hydrogen (secondary N) is 1. The molecule has 0 unspecified atom stereocenters. The van der Waals surface area contributed by atoms with Gasteiger partial charge in [-0.25, -0.2) is 8.78 Å². The second-order valence-corrected chi connectivity index (χ2v) is 6.12. The van der Waals surface area contributed by atoms with Crippen molar-refractivity contribution in [3.05, 3.63) is 76.0 Å². The molecule has 0 spiro atoms. The van der Waals surface area contributed by atoms with Crippen molar-refractivity contribution in [1.29, 1.82) is 0 Å². The highest BCUT2D eigenvalue weighted by atomic mass is 19.2. The van der Waals surface area contributed by atoms with Crippen LogP contribution in [0, 0.1) is 18.6 Å². The van der Waals surface area contributed by atoms with E-state index in [0.717, 1.165) is 29.8 Å². The van der Waals surface area contributed by atoms with Gasteiger partial charge in [0.1, 0.15) is 0 Å². The number of halogens is 2. The predicted molar refractivity (Wildman–Crippen MR) is 85.3 cm³/mol. The molecule has 0 fully saturated rings. The summed E-state index contributed by atoms with van der Waals surface area (Å²) < 4.78 is 26.3. The summed E-state index contributed by atoms with van der Waals surface area (Å²) in [5.41, 5.74) is 7.86. The summed E-state index contributed by atoms with van der Waals surface area (Å²) in [7, 11) is 0. The molecule has 0 aliphatic heterocycles. The van der Waals surface area contributed by atoms with E-state index < -0.39 is 11.6 Å². The lowest BCUT2D eigenvalue weighted by Gasteiger charge is -2.03. The Morgan fingerprint density at radius 2 is 1.91 bits per heavy atom. The third-order valence-corrected chi connectivity index (χ3v) is 4.49. The molecule has 0 radical (unpaired) electrons. The maximum atomic E-state index is 13.3. The van der Waals surface area contributed by atoms with E-state index in [2.05, 4.69) is 35.3 Å². The fourth-order valence-electron chi connectivity index (χ4n) is 3.24. The van der Waals surface area contributed by atoms with Gasteiger partial charge in [0.25, 0.3) is 0 Å². The van der Waals surface area contributed by atoms with Crippen molar-refractivity contribution in [2.24, 2.45) is 0 Å². The van der Waals surface area contributed by atoms with Crippen LogP contribution in [0.25, 0.3) is 11.3 Å². The largest absolute Gasteiger partial charge is 0.282 e. The van der Waals surface area contributed by atoms with Gasteiger partial charge in [-0.2, -0.15) is 5.10 Å². The van der Waals surface area contributed by atoms with Crippen LogP contribution in [-0.2, 0) is 19.3 Å². The van der Waals surface area contributed by atoms with Gasteiger partial charge in [-0.1, -0.05) is 23.8 Å². The number of hydrogen-bond donors (Lipinski definition) is 1. The first kappa shape index (κ1) is 14.1. The summed E-state index contributed by atoms with van der Waals surface area (Å²) in [5.74, 6) is -1.60. The molecule has 1 aliphatic carbocycles. The van der Waals surface area contributed by atoms with Crippen LogP contribution >= 0.6 is 0 Å². The van der Waals surface area contributed by atoms with Gasteiger partial charge in [0.2, 0.25) is 0 Å². The Bertz CT molecular complexity index is 896. The minimum atomic E-state index is -0.804. The number of H-pyrrole nitrogens is 1. The Labute approximate surface area is 133 Å². The maximum Gasteiger partial charge on any atom is 0.159 e. The predicted octanol–water partition coefficient (Wildman–Crippen LogP) is 4.35. The molecule has 1 aliphatic rings. The zero-order chi connectivity index (χ0) is 16.0. The molecule has 4 rings (SSSR count). The minimum absolute atomic E-state index is 0.654. The molecule has 116 valence electrons. The Hall–Kier alpha value is -2.49. The Kier molecular flexibility index (Phi) is 3.26. The van der Waals surface area contributed by atoms with Crippen molar-refractivity contribution in [2.45, 2.75) is 26.2 Å². The van der Waals surface area contributed by atoms with Gasteiger partial charge in [0, 0.05) is 23.2 Å². The highest BCUT2D eigenvalue weighted by Gasteiger charge is 2.24. The third-order valence-electron chi connectivity index (χ3n) is 4.49. The molecule has 1 aromatic heterocycles. The van der Waals surface area contributed by atoms with Gasteiger partial charge >= 0.3 is 0 Å². The smallest absolute Gasteiger partial charge is 0.159 e. The standard InChI is InChI=1S/C19H16F2N2/c1-11-2-5-13-10-15-18(22-23-19(15)14(13)8-11)7-4-12-3-6-16(20)17(21)9-12/h2-3,5-6,8-9H,4,7,10H2,1H3,(H,22,23). The summed E-state index contributed by atoms with van der Waals surface area (Å²) >= 11 is 0. The zero-order valence-electron chi connectivity index (χ0n) is 12.8. The van der Waals surface area contributed by atoms with Crippen LogP contribution in [0.4, 0.5) is 8.78 Å². The molecule has 0 saturated heterocycles. The van der Waals surface area contributed by atoms with Crippen molar-refractivity contribution in [1.82, 2.24) is 10.2 Å². The van der Waals surface area contributed by atoms with Gasteiger partial charge in [0.05, 0.1) is 5.69 Å². The fourth-order valence-corrected chi connectivity index (χ4v) is 3.24. The number of nitrogens with zero attached hydrogens (tertiary/aromatic N) is 1. The van der Waals surface area contributed by atoms with Gasteiger partial charge in [-0.3, -0.25) is 5.10 Å². The summed E-state index contributed by atoms with van der Waals surface area (Å²) in [6, 6.07) is 10.5. The summed E-state index contributed by atoms with van der Waals surface area (Å²) in [4.78, 5) is 0. The van der Waals surface area contributed by atoms with E-state index in [9.17, 15) is 8.78 Å². The average Bonchev–Trinajstić information content (AvgIpc) is 3.08. The van der Waals surface area contributed by atoms with Crippen molar-refractivity contribution in [3.8, 4) is 11.3 Å². The van der Waals surface area contributed by atoms with E-state index in [1.807, 2.05) is 0 Å². The molecule has 0 bridgehead atoms. The molecule has 0 saturated carbocycles. The van der Waals surface area contributed by atoms with E-state index in [4.69, 9.17) is 0 Å². The number of hydrogen-bond acceptors (Lipinski definition) is 1. The van der Waals surface area contributed by atoms with Crippen LogP contribution in [0.5, 0.6) is 0 Å². The topological polar surface area (TPSA) is 28.7 Å². The van der Waals surface area contributed by atoms with Gasteiger partial charge in [0.15, 0.2) is 11.6 Å². The molecule has 1 heterocycles. The summed E-state index contributed by atoms with van der Waals surface area (Å²) in [6.07, 6.45) is 2.27. The summed E-state index contributed by atoms with van der Waals surface area (Å²) in [6.45, 7) is 2.08. The number of aryl methyl sites for hydroxylation is 3. The lowest BCUT2D eigenvalue weighted by Crippen LogP contribution is -1.97. The first-order chi connectivity index (χ1) is 11.1. The second kappa shape index (κ2) is 5.30. The Morgan fingerprint density at radius 3 is 2.74 bits per heavy atom. The lowest BCUT2D eigenvalue weighted by atomic mass is 10.0. The minimum Gasteiger partial charge on any atom is -0.282 e. The van der Waals surface area contributed by atoms with E-state index in [1.54, 1.807) is 6.07 Å². The highest BCUT2D eigenvalue weighted by Crippen LogP contribution is 2.37. The molecular formula is C19H16F2N2. The molecule has 23 heavy (non-hydrogen) atoms. The van der Waals surface area contributed by atoms with Crippen LogP contribution in [0.15, 0.2) is 36.4 Å². The molecule has 1 N–H and O–H groups in total. The number of aromatic amines is 1. The van der Waals surface area contributed by atoms with Crippen molar-refractivity contribution < 1.29 is 8.78 Å². The summed E-state index contributed by atoms with van der Waals surface area (Å²) in [5, 5.41) is 7.58. The van der Waals surface area contributed by atoms with E-state index in [1.165, 1.54) is 34.4 Å². The second-order valence-electron chi connectivity index (χ2n) is 6.12. The van der Waals surface area contributed by atoms with Crippen LogP contribution in [-0.4, -0.2) is 10.2 Å². The number of fused-ring (bicyclic) bond motifs is 3. The first-order valence-corrected chi connectivity index (χ1v) is 7.72. The molecule has 0 amide bonds. The Morgan fingerprint density at radius 1 is 1.04 bits per heavy atom. The zero-order valence-corrected chi connectivity index (χ0v) is 12.8. The van der Waals surface area contributed by atoms with Crippen LogP contribution in [0.2, 0.25) is 0 Å². The molecular weight excluding hydrogens is 294 g/mol. The SMILES string of the molecule is Cc1ccc2c(c1)-c1n[nH]c(CCc3ccc(F)c(F)c3)c1C2. The highest BCUT2D eigenvalue weighted by molar-refractivity contribution is 5.74. The van der Waals surface area contributed by atoms with E-state index in [-0.39, 0.29) is 0 Å². The van der Waals surface area contributed by atoms with Crippen LogP contribution in [0.1, 0.15) is 27.9 Å². The third kappa shape index (κ3) is 2.44. The Balaban J connectivity index is 1.57. The van der Waals surface area contributed by atoms with E-state index in [0.29, 0.717) is 6.42 Å².